The van der Waals surface area contributed by atoms with Crippen LogP contribution in [0.1, 0.15) is 38.1 Å². The third-order valence-corrected chi connectivity index (χ3v) is 5.05. The van der Waals surface area contributed by atoms with Crippen LogP contribution in [0.15, 0.2) is 36.5 Å². The van der Waals surface area contributed by atoms with Crippen LogP contribution < -0.4 is 16.0 Å². The molecule has 1 aromatic carbocycles. The molecule has 2 aromatic heterocycles. The van der Waals surface area contributed by atoms with Gasteiger partial charge in [-0.2, -0.15) is 36.3 Å². The smallest absolute Gasteiger partial charge is 0.475 e. The highest BCUT2D eigenvalue weighted by molar-refractivity contribution is 5.94. The first-order valence-electron chi connectivity index (χ1n) is 12.5. The van der Waals surface area contributed by atoms with Crippen molar-refractivity contribution in [2.45, 2.75) is 40.0 Å². The number of carboxylic acids is 1. The second-order valence-corrected chi connectivity index (χ2v) is 8.04. The topological polar surface area (TPSA) is 135 Å². The molecule has 2 heterocycles. The van der Waals surface area contributed by atoms with Crippen LogP contribution in [0.4, 0.5) is 43.8 Å². The van der Waals surface area contributed by atoms with Gasteiger partial charge in [0.1, 0.15) is 18.0 Å². The minimum Gasteiger partial charge on any atom is -0.475 e. The van der Waals surface area contributed by atoms with Gasteiger partial charge in [0.2, 0.25) is 5.95 Å². The van der Waals surface area contributed by atoms with Crippen LogP contribution in [0, 0.1) is 0 Å². The first-order chi connectivity index (χ1) is 19.2. The van der Waals surface area contributed by atoms with E-state index in [1.165, 1.54) is 0 Å². The summed E-state index contributed by atoms with van der Waals surface area (Å²) in [5, 5.41) is 16.0. The van der Waals surface area contributed by atoms with Crippen LogP contribution in [-0.2, 0) is 4.79 Å². The van der Waals surface area contributed by atoms with E-state index in [9.17, 15) is 31.1 Å². The Morgan fingerprint density at radius 3 is 1.93 bits per heavy atom. The number of fused-ring (bicyclic) bond motifs is 1. The van der Waals surface area contributed by atoms with E-state index in [4.69, 9.17) is 9.90 Å². The molecule has 0 fully saturated rings. The molecule has 0 aliphatic rings. The molecule has 5 N–H and O–H groups in total. The zero-order valence-corrected chi connectivity index (χ0v) is 22.9. The third-order valence-electron chi connectivity index (χ3n) is 5.05. The molecule has 0 saturated carbocycles. The molecule has 1 amide bonds. The van der Waals surface area contributed by atoms with Crippen molar-refractivity contribution in [2.75, 3.05) is 43.4 Å². The molecule has 0 bridgehead atoms. The molecule has 0 aliphatic carbocycles. The summed E-state index contributed by atoms with van der Waals surface area (Å²) in [5.74, 6) is -2.62. The SMILES string of the molecule is CCN(CC)C(=O)c1ccc(Nc2nc(NCC(F)(F)F)c3cc[nH]c3n2)cc1.CCNCC.O=C(O)C(F)(F)F. The average molecular weight is 594 g/mol. The van der Waals surface area contributed by atoms with E-state index in [1.54, 1.807) is 41.4 Å². The second-order valence-electron chi connectivity index (χ2n) is 8.04. The molecule has 3 rings (SSSR count). The number of halogens is 6. The zero-order valence-electron chi connectivity index (χ0n) is 22.9. The fourth-order valence-corrected chi connectivity index (χ4v) is 3.08. The van der Waals surface area contributed by atoms with Gasteiger partial charge in [-0.05, 0) is 57.3 Å². The Morgan fingerprint density at radius 2 is 1.49 bits per heavy atom. The molecule has 0 aliphatic heterocycles. The number of anilines is 3. The number of hydrogen-bond donors (Lipinski definition) is 5. The average Bonchev–Trinajstić information content (AvgIpc) is 3.37. The van der Waals surface area contributed by atoms with E-state index >= 15 is 0 Å². The standard InChI is InChI=1S/C19H21F3N6O.C4H11N.C2HF3O2/c1-3-28(4-2)17(29)12-5-7-13(8-6-12)25-18-26-15-14(9-10-23-15)16(27-18)24-11-19(20,21)22;1-3-5-4-2;3-2(4,5)1(6)7/h5-10H,3-4,11H2,1-2H3,(H3,23,24,25,26,27);5H,3-4H2,1-2H3;(H,6,7). The number of carboxylic acid groups (broad SMARTS) is 1. The Kier molecular flexibility index (Phi) is 13.8. The summed E-state index contributed by atoms with van der Waals surface area (Å²) in [6.45, 7) is 10.2. The number of carbonyl (C=O) groups is 2. The molecule has 0 atom stereocenters. The van der Waals surface area contributed by atoms with Gasteiger partial charge in [-0.1, -0.05) is 13.8 Å². The van der Waals surface area contributed by atoms with Crippen molar-refractivity contribution >= 4 is 40.4 Å². The van der Waals surface area contributed by atoms with E-state index in [1.807, 2.05) is 13.8 Å². The molecule has 0 unspecified atom stereocenters. The van der Waals surface area contributed by atoms with E-state index in [0.717, 1.165) is 13.1 Å². The highest BCUT2D eigenvalue weighted by atomic mass is 19.4. The number of amides is 1. The third kappa shape index (κ3) is 12.3. The molecule has 3 aromatic rings. The lowest BCUT2D eigenvalue weighted by atomic mass is 10.2. The molecule has 0 radical (unpaired) electrons. The van der Waals surface area contributed by atoms with Gasteiger partial charge in [0.15, 0.2) is 0 Å². The fraction of sp³-hybridized carbons (Fsp3) is 0.440. The molecule has 10 nitrogen and oxygen atoms in total. The van der Waals surface area contributed by atoms with Crippen LogP contribution in [-0.4, -0.2) is 81.9 Å². The van der Waals surface area contributed by atoms with Crippen molar-refractivity contribution in [3.05, 3.63) is 42.1 Å². The zero-order chi connectivity index (χ0) is 31.2. The number of aromatic nitrogens is 3. The van der Waals surface area contributed by atoms with Crippen molar-refractivity contribution in [1.29, 1.82) is 0 Å². The Hall–Kier alpha value is -4.08. The van der Waals surface area contributed by atoms with Gasteiger partial charge in [-0.25, -0.2) is 4.79 Å². The van der Waals surface area contributed by atoms with E-state index in [2.05, 4.69) is 44.7 Å². The Bertz CT molecular complexity index is 1230. The predicted octanol–water partition coefficient (Wildman–Crippen LogP) is 5.41. The number of aliphatic carboxylic acids is 1. The number of H-pyrrole nitrogens is 1. The van der Waals surface area contributed by atoms with Crippen LogP contribution >= 0.6 is 0 Å². The van der Waals surface area contributed by atoms with Crippen LogP contribution in [0.5, 0.6) is 0 Å². The Morgan fingerprint density at radius 1 is 0.927 bits per heavy atom. The van der Waals surface area contributed by atoms with Crippen LogP contribution in [0.25, 0.3) is 11.0 Å². The number of benzene rings is 1. The maximum Gasteiger partial charge on any atom is 0.490 e. The van der Waals surface area contributed by atoms with Gasteiger partial charge in [-0.15, -0.1) is 0 Å². The van der Waals surface area contributed by atoms with Crippen LogP contribution in [0.2, 0.25) is 0 Å². The van der Waals surface area contributed by atoms with Crippen molar-refractivity contribution in [2.24, 2.45) is 0 Å². The lowest BCUT2D eigenvalue weighted by molar-refractivity contribution is -0.192. The molecular weight excluding hydrogens is 560 g/mol. The van der Waals surface area contributed by atoms with Crippen molar-refractivity contribution in [3.63, 3.8) is 0 Å². The summed E-state index contributed by atoms with van der Waals surface area (Å²) in [4.78, 5) is 34.3. The van der Waals surface area contributed by atoms with Crippen LogP contribution in [0.3, 0.4) is 0 Å². The second kappa shape index (κ2) is 16.2. The first-order valence-corrected chi connectivity index (χ1v) is 12.5. The fourth-order valence-electron chi connectivity index (χ4n) is 3.08. The minimum atomic E-state index is -5.08. The Labute approximate surface area is 232 Å². The van der Waals surface area contributed by atoms with Crippen molar-refractivity contribution in [3.8, 4) is 0 Å². The number of hydrogen-bond acceptors (Lipinski definition) is 7. The largest absolute Gasteiger partial charge is 0.490 e. The summed E-state index contributed by atoms with van der Waals surface area (Å²) in [5.41, 5.74) is 1.56. The lowest BCUT2D eigenvalue weighted by Crippen LogP contribution is -2.30. The molecule has 0 saturated heterocycles. The first kappa shape index (κ1) is 34.9. The maximum atomic E-state index is 12.6. The minimum absolute atomic E-state index is 0.0655. The lowest BCUT2D eigenvalue weighted by Gasteiger charge is -2.18. The molecule has 228 valence electrons. The van der Waals surface area contributed by atoms with E-state index in [-0.39, 0.29) is 17.7 Å². The van der Waals surface area contributed by atoms with Gasteiger partial charge in [0.25, 0.3) is 5.91 Å². The van der Waals surface area contributed by atoms with Gasteiger partial charge in [0.05, 0.1) is 5.39 Å². The van der Waals surface area contributed by atoms with Crippen molar-refractivity contribution < 1.29 is 41.0 Å². The number of rotatable bonds is 9. The summed E-state index contributed by atoms with van der Waals surface area (Å²) in [6, 6.07) is 8.35. The highest BCUT2D eigenvalue weighted by Crippen LogP contribution is 2.25. The highest BCUT2D eigenvalue weighted by Gasteiger charge is 2.38. The van der Waals surface area contributed by atoms with Gasteiger partial charge < -0.3 is 30.9 Å². The summed E-state index contributed by atoms with van der Waals surface area (Å²) >= 11 is 0. The molecular formula is C25H33F6N7O3. The monoisotopic (exact) mass is 593 g/mol. The van der Waals surface area contributed by atoms with Gasteiger partial charge >= 0.3 is 18.3 Å². The molecule has 0 spiro atoms. The molecule has 16 heteroatoms. The van der Waals surface area contributed by atoms with Gasteiger partial charge in [0, 0.05) is 30.5 Å². The normalized spacial score (nSPS) is 11.1. The van der Waals surface area contributed by atoms with Gasteiger partial charge in [-0.3, -0.25) is 4.79 Å². The van der Waals surface area contributed by atoms with Crippen molar-refractivity contribution in [1.82, 2.24) is 25.2 Å². The predicted molar refractivity (Wildman–Crippen MR) is 143 cm³/mol. The summed E-state index contributed by atoms with van der Waals surface area (Å²) in [7, 11) is 0. The maximum absolute atomic E-state index is 12.6. The Balaban J connectivity index is 0.000000589. The number of aromatic amines is 1. The number of carbonyl (C=O) groups excluding carboxylic acids is 1. The van der Waals surface area contributed by atoms with E-state index < -0.39 is 24.9 Å². The number of alkyl halides is 6. The quantitative estimate of drug-likeness (QED) is 0.208. The molecule has 41 heavy (non-hydrogen) atoms. The van der Waals surface area contributed by atoms with E-state index in [0.29, 0.717) is 35.4 Å². The number of nitrogens with one attached hydrogen (secondary N) is 4. The number of nitrogens with zero attached hydrogens (tertiary/aromatic N) is 3. The summed E-state index contributed by atoms with van der Waals surface area (Å²) < 4.78 is 69.4. The summed E-state index contributed by atoms with van der Waals surface area (Å²) in [6.07, 6.45) is -7.87.